The first kappa shape index (κ1) is 15.8. The minimum Gasteiger partial charge on any atom is -0.381 e. The van der Waals surface area contributed by atoms with E-state index in [1.807, 2.05) is 0 Å². The van der Waals surface area contributed by atoms with E-state index in [0.717, 1.165) is 50.8 Å². The molecule has 0 saturated carbocycles. The molecule has 2 saturated heterocycles. The molecule has 0 N–H and O–H groups in total. The Morgan fingerprint density at radius 3 is 2.71 bits per heavy atom. The van der Waals surface area contributed by atoms with Crippen LogP contribution < -0.4 is 0 Å². The number of ether oxygens (including phenoxy) is 1. The van der Waals surface area contributed by atoms with E-state index in [1.54, 1.807) is 0 Å². The van der Waals surface area contributed by atoms with Crippen LogP contribution in [0.1, 0.15) is 42.4 Å². The molecule has 5 heteroatoms. The van der Waals surface area contributed by atoms with E-state index in [4.69, 9.17) is 14.8 Å². The molecular formula is C19H26N4O. The van der Waals surface area contributed by atoms with Gasteiger partial charge in [-0.1, -0.05) is 30.3 Å². The van der Waals surface area contributed by atoms with Gasteiger partial charge in [0, 0.05) is 19.1 Å². The second kappa shape index (κ2) is 7.45. The van der Waals surface area contributed by atoms with E-state index in [2.05, 4.69) is 39.9 Å². The topological polar surface area (TPSA) is 43.2 Å². The highest BCUT2D eigenvalue weighted by molar-refractivity contribution is 5.14. The lowest BCUT2D eigenvalue weighted by molar-refractivity contribution is 0.193. The fourth-order valence-electron chi connectivity index (χ4n) is 3.62. The summed E-state index contributed by atoms with van der Waals surface area (Å²) in [5.74, 6) is 2.48. The first-order chi connectivity index (χ1) is 11.9. The van der Waals surface area contributed by atoms with Crippen molar-refractivity contribution < 1.29 is 4.74 Å². The van der Waals surface area contributed by atoms with Crippen LogP contribution in [0.2, 0.25) is 0 Å². The van der Waals surface area contributed by atoms with Crippen molar-refractivity contribution in [1.29, 1.82) is 0 Å². The molecule has 1 aromatic carbocycles. The summed E-state index contributed by atoms with van der Waals surface area (Å²) in [6, 6.07) is 10.6. The Kier molecular flexibility index (Phi) is 4.90. The summed E-state index contributed by atoms with van der Waals surface area (Å²) in [5, 5.41) is 4.85. The highest BCUT2D eigenvalue weighted by atomic mass is 16.5. The van der Waals surface area contributed by atoms with Crippen LogP contribution in [0.15, 0.2) is 30.3 Å². The predicted octanol–water partition coefficient (Wildman–Crippen LogP) is 2.62. The predicted molar refractivity (Wildman–Crippen MR) is 92.9 cm³/mol. The van der Waals surface area contributed by atoms with E-state index in [-0.39, 0.29) is 0 Å². The molecule has 2 aliphatic heterocycles. The summed E-state index contributed by atoms with van der Waals surface area (Å²) >= 11 is 0. The Morgan fingerprint density at radius 1 is 1.12 bits per heavy atom. The summed E-state index contributed by atoms with van der Waals surface area (Å²) in [6.45, 7) is 5.81. The molecule has 0 aliphatic carbocycles. The summed E-state index contributed by atoms with van der Waals surface area (Å²) in [7, 11) is 0. The van der Waals surface area contributed by atoms with Crippen molar-refractivity contribution in [3.63, 3.8) is 0 Å². The highest BCUT2D eigenvalue weighted by Crippen LogP contribution is 2.23. The van der Waals surface area contributed by atoms with Crippen LogP contribution in [0.25, 0.3) is 0 Å². The van der Waals surface area contributed by atoms with Gasteiger partial charge in [-0.3, -0.25) is 4.90 Å². The Hall–Kier alpha value is -1.72. The first-order valence-electron chi connectivity index (χ1n) is 9.16. The second-order valence-corrected chi connectivity index (χ2v) is 6.89. The second-order valence-electron chi connectivity index (χ2n) is 6.89. The zero-order valence-corrected chi connectivity index (χ0v) is 14.2. The molecule has 0 unspecified atom stereocenters. The van der Waals surface area contributed by atoms with Gasteiger partial charge in [-0.05, 0) is 44.3 Å². The monoisotopic (exact) mass is 326 g/mol. The average Bonchev–Trinajstić information content (AvgIpc) is 3.36. The van der Waals surface area contributed by atoms with Crippen LogP contribution in [-0.2, 0) is 24.2 Å². The Balaban J connectivity index is 1.50. The SMILES string of the molecule is c1ccc(CCn2nc([C@H]3CCOC3)nc2CN2CCCC2)cc1. The number of aryl methyl sites for hydroxylation is 2. The van der Waals surface area contributed by atoms with Gasteiger partial charge < -0.3 is 4.74 Å². The van der Waals surface area contributed by atoms with Gasteiger partial charge in [0.05, 0.1) is 13.2 Å². The number of hydrogen-bond acceptors (Lipinski definition) is 4. The minimum absolute atomic E-state index is 0.375. The third-order valence-corrected chi connectivity index (χ3v) is 5.08. The van der Waals surface area contributed by atoms with Crippen LogP contribution in [-0.4, -0.2) is 46.0 Å². The van der Waals surface area contributed by atoms with Gasteiger partial charge in [-0.25, -0.2) is 9.67 Å². The first-order valence-corrected chi connectivity index (χ1v) is 9.16. The standard InChI is InChI=1S/C19H26N4O/c1-2-6-16(7-3-1)8-12-23-18(14-22-10-4-5-11-22)20-19(21-23)17-9-13-24-15-17/h1-3,6-7,17H,4-5,8-15H2/t17-/m0/s1. The molecular weight excluding hydrogens is 300 g/mol. The molecule has 2 aliphatic rings. The smallest absolute Gasteiger partial charge is 0.156 e. The summed E-state index contributed by atoms with van der Waals surface area (Å²) in [4.78, 5) is 7.40. The van der Waals surface area contributed by atoms with E-state index in [1.165, 1.54) is 31.5 Å². The Bertz CT molecular complexity index is 643. The van der Waals surface area contributed by atoms with Gasteiger partial charge in [0.25, 0.3) is 0 Å². The Morgan fingerprint density at radius 2 is 1.96 bits per heavy atom. The third kappa shape index (κ3) is 3.68. The van der Waals surface area contributed by atoms with Gasteiger partial charge in [-0.15, -0.1) is 0 Å². The van der Waals surface area contributed by atoms with E-state index < -0.39 is 0 Å². The van der Waals surface area contributed by atoms with Gasteiger partial charge in [0.15, 0.2) is 5.82 Å². The molecule has 2 aromatic rings. The van der Waals surface area contributed by atoms with E-state index in [9.17, 15) is 0 Å². The molecule has 0 amide bonds. The largest absolute Gasteiger partial charge is 0.381 e. The Labute approximate surface area is 143 Å². The molecule has 24 heavy (non-hydrogen) atoms. The lowest BCUT2D eigenvalue weighted by Gasteiger charge is -2.14. The maximum absolute atomic E-state index is 5.52. The molecule has 0 bridgehead atoms. The lowest BCUT2D eigenvalue weighted by Crippen LogP contribution is -2.22. The number of hydrogen-bond donors (Lipinski definition) is 0. The molecule has 0 spiro atoms. The number of nitrogens with zero attached hydrogens (tertiary/aromatic N) is 4. The van der Waals surface area contributed by atoms with Gasteiger partial charge in [-0.2, -0.15) is 5.10 Å². The average molecular weight is 326 g/mol. The summed E-state index contributed by atoms with van der Waals surface area (Å²) in [6.07, 6.45) is 4.66. The van der Waals surface area contributed by atoms with Crippen LogP contribution in [0.4, 0.5) is 0 Å². The highest BCUT2D eigenvalue weighted by Gasteiger charge is 2.24. The zero-order chi connectivity index (χ0) is 16.2. The molecule has 128 valence electrons. The molecule has 1 aromatic heterocycles. The number of aromatic nitrogens is 3. The normalized spacial score (nSPS) is 21.6. The van der Waals surface area contributed by atoms with Crippen molar-refractivity contribution in [3.8, 4) is 0 Å². The van der Waals surface area contributed by atoms with Crippen LogP contribution in [0, 0.1) is 0 Å². The molecule has 4 rings (SSSR count). The van der Waals surface area contributed by atoms with E-state index in [0.29, 0.717) is 5.92 Å². The maximum Gasteiger partial charge on any atom is 0.156 e. The quantitative estimate of drug-likeness (QED) is 0.818. The minimum atomic E-state index is 0.375. The van der Waals surface area contributed by atoms with E-state index >= 15 is 0 Å². The molecule has 1 atom stereocenters. The van der Waals surface area contributed by atoms with Crippen LogP contribution in [0.5, 0.6) is 0 Å². The number of benzene rings is 1. The van der Waals surface area contributed by atoms with Crippen LogP contribution in [0.3, 0.4) is 0 Å². The van der Waals surface area contributed by atoms with Crippen molar-refractivity contribution in [3.05, 3.63) is 47.5 Å². The van der Waals surface area contributed by atoms with Crippen molar-refractivity contribution in [2.24, 2.45) is 0 Å². The number of rotatable bonds is 6. The third-order valence-electron chi connectivity index (χ3n) is 5.08. The fourth-order valence-corrected chi connectivity index (χ4v) is 3.62. The van der Waals surface area contributed by atoms with Crippen molar-refractivity contribution in [2.45, 2.75) is 44.7 Å². The van der Waals surface area contributed by atoms with Crippen molar-refractivity contribution in [2.75, 3.05) is 26.3 Å². The van der Waals surface area contributed by atoms with Crippen LogP contribution >= 0.6 is 0 Å². The zero-order valence-electron chi connectivity index (χ0n) is 14.2. The van der Waals surface area contributed by atoms with Gasteiger partial charge in [0.2, 0.25) is 0 Å². The maximum atomic E-state index is 5.52. The summed E-state index contributed by atoms with van der Waals surface area (Å²) in [5.41, 5.74) is 1.35. The molecule has 2 fully saturated rings. The molecule has 5 nitrogen and oxygen atoms in total. The van der Waals surface area contributed by atoms with Crippen molar-refractivity contribution in [1.82, 2.24) is 19.7 Å². The molecule has 0 radical (unpaired) electrons. The number of likely N-dealkylation sites (tertiary alicyclic amines) is 1. The summed E-state index contributed by atoms with van der Waals surface area (Å²) < 4.78 is 7.66. The van der Waals surface area contributed by atoms with Gasteiger partial charge in [0.1, 0.15) is 5.82 Å². The lowest BCUT2D eigenvalue weighted by atomic mass is 10.1. The van der Waals surface area contributed by atoms with Gasteiger partial charge >= 0.3 is 0 Å². The fraction of sp³-hybridized carbons (Fsp3) is 0.579. The van der Waals surface area contributed by atoms with Crippen molar-refractivity contribution >= 4 is 0 Å². The molecule has 3 heterocycles.